The maximum absolute atomic E-state index is 11.6. The Kier molecular flexibility index (Phi) is 3.83. The molecule has 1 aliphatic carbocycles. The number of hydrogen-bond acceptors (Lipinski definition) is 5. The maximum Gasteiger partial charge on any atom is 0.267 e. The van der Waals surface area contributed by atoms with Gasteiger partial charge in [-0.15, -0.1) is 0 Å². The molecule has 0 aromatic carbocycles. The van der Waals surface area contributed by atoms with Crippen LogP contribution in [0.4, 0.5) is 5.82 Å². The van der Waals surface area contributed by atoms with E-state index in [1.807, 2.05) is 7.05 Å². The number of nitrogens with zero attached hydrogens (tertiary/aromatic N) is 2. The Hall–Kier alpha value is -0.920. The predicted molar refractivity (Wildman–Crippen MR) is 77.9 cm³/mol. The Balaban J connectivity index is 1.71. The van der Waals surface area contributed by atoms with Gasteiger partial charge in [0.05, 0.1) is 19.5 Å². The summed E-state index contributed by atoms with van der Waals surface area (Å²) in [6, 6.07) is 0.346. The molecule has 2 heterocycles. The van der Waals surface area contributed by atoms with Gasteiger partial charge in [0.25, 0.3) is 5.56 Å². The normalized spacial score (nSPS) is 22.3. The van der Waals surface area contributed by atoms with Gasteiger partial charge in [0.15, 0.2) is 5.79 Å². The lowest BCUT2D eigenvalue weighted by atomic mass is 9.89. The lowest BCUT2D eigenvalue weighted by Gasteiger charge is -2.39. The van der Waals surface area contributed by atoms with E-state index in [0.29, 0.717) is 29.5 Å². The van der Waals surface area contributed by atoms with Crippen molar-refractivity contribution in [1.29, 1.82) is 0 Å². The Bertz CT molecular complexity index is 532. The third-order valence-electron chi connectivity index (χ3n) is 4.19. The molecule has 1 spiro atoms. The first-order valence-electron chi connectivity index (χ1n) is 6.85. The summed E-state index contributed by atoms with van der Waals surface area (Å²) in [5.41, 5.74) is -0.156. The van der Waals surface area contributed by atoms with Crippen LogP contribution >= 0.6 is 15.9 Å². The van der Waals surface area contributed by atoms with Crippen molar-refractivity contribution in [3.05, 3.63) is 21.2 Å². The van der Waals surface area contributed by atoms with Crippen LogP contribution in [0.1, 0.15) is 25.7 Å². The maximum atomic E-state index is 11.6. The molecule has 1 aromatic rings. The number of nitrogens with one attached hydrogen (secondary N) is 1. The molecule has 1 N–H and O–H groups in total. The fourth-order valence-corrected chi connectivity index (χ4v) is 3.50. The molecule has 6 nitrogen and oxygen atoms in total. The van der Waals surface area contributed by atoms with E-state index in [0.717, 1.165) is 25.7 Å². The molecule has 1 saturated heterocycles. The summed E-state index contributed by atoms with van der Waals surface area (Å²) in [6.07, 6.45) is 5.16. The van der Waals surface area contributed by atoms with E-state index in [1.54, 1.807) is 0 Å². The summed E-state index contributed by atoms with van der Waals surface area (Å²) in [7, 11) is 1.98. The van der Waals surface area contributed by atoms with Crippen LogP contribution in [-0.4, -0.2) is 42.1 Å². The van der Waals surface area contributed by atoms with Crippen molar-refractivity contribution in [3.63, 3.8) is 0 Å². The standard InChI is InChI=1S/C13H18BrN3O3/c1-17(11-10(14)12(18)16-8-15-11)9-2-4-13(5-3-9)19-6-7-20-13/h8-9H,2-7H2,1H3,(H,15,16,18). The minimum absolute atomic E-state index is 0.156. The van der Waals surface area contributed by atoms with Gasteiger partial charge in [-0.05, 0) is 28.8 Å². The van der Waals surface area contributed by atoms with Gasteiger partial charge in [-0.2, -0.15) is 0 Å². The topological polar surface area (TPSA) is 67.5 Å². The van der Waals surface area contributed by atoms with Crippen molar-refractivity contribution in [3.8, 4) is 0 Å². The number of aromatic nitrogens is 2. The first-order chi connectivity index (χ1) is 9.61. The molecule has 1 aliphatic heterocycles. The Labute approximate surface area is 125 Å². The van der Waals surface area contributed by atoms with Crippen LogP contribution < -0.4 is 10.5 Å². The van der Waals surface area contributed by atoms with Crippen LogP contribution in [-0.2, 0) is 9.47 Å². The SMILES string of the molecule is CN(c1nc[nH]c(=O)c1Br)C1CCC2(CC1)OCCO2. The summed E-state index contributed by atoms with van der Waals surface area (Å²) in [5, 5.41) is 0. The Morgan fingerprint density at radius 1 is 1.40 bits per heavy atom. The van der Waals surface area contributed by atoms with Crippen LogP contribution in [0.5, 0.6) is 0 Å². The lowest BCUT2D eigenvalue weighted by Crippen LogP contribution is -2.43. The van der Waals surface area contributed by atoms with Crippen LogP contribution in [0.15, 0.2) is 15.6 Å². The third kappa shape index (κ3) is 2.49. The summed E-state index contributed by atoms with van der Waals surface area (Å²) in [6.45, 7) is 1.39. The van der Waals surface area contributed by atoms with Crippen molar-refractivity contribution in [2.24, 2.45) is 0 Å². The van der Waals surface area contributed by atoms with Crippen LogP contribution in [0.2, 0.25) is 0 Å². The first-order valence-corrected chi connectivity index (χ1v) is 7.64. The number of H-pyrrole nitrogens is 1. The van der Waals surface area contributed by atoms with E-state index in [1.165, 1.54) is 6.33 Å². The fourth-order valence-electron chi connectivity index (χ4n) is 3.01. The first kappa shape index (κ1) is 14.0. The Morgan fingerprint density at radius 2 is 2.05 bits per heavy atom. The van der Waals surface area contributed by atoms with Crippen molar-refractivity contribution in [2.45, 2.75) is 37.5 Å². The van der Waals surface area contributed by atoms with E-state index in [-0.39, 0.29) is 11.3 Å². The van der Waals surface area contributed by atoms with E-state index in [9.17, 15) is 4.79 Å². The summed E-state index contributed by atoms with van der Waals surface area (Å²) in [4.78, 5) is 20.5. The Morgan fingerprint density at radius 3 is 2.70 bits per heavy atom. The van der Waals surface area contributed by atoms with Gasteiger partial charge in [0, 0.05) is 25.9 Å². The molecular weight excluding hydrogens is 326 g/mol. The second-order valence-corrected chi connectivity index (χ2v) is 6.11. The smallest absolute Gasteiger partial charge is 0.267 e. The molecule has 1 saturated carbocycles. The van der Waals surface area contributed by atoms with Gasteiger partial charge < -0.3 is 19.4 Å². The van der Waals surface area contributed by atoms with Crippen molar-refractivity contribution in [2.75, 3.05) is 25.2 Å². The van der Waals surface area contributed by atoms with Gasteiger partial charge in [0.1, 0.15) is 10.3 Å². The van der Waals surface area contributed by atoms with Gasteiger partial charge in [0.2, 0.25) is 0 Å². The van der Waals surface area contributed by atoms with Gasteiger partial charge in [-0.1, -0.05) is 0 Å². The minimum atomic E-state index is -0.351. The highest BCUT2D eigenvalue weighted by molar-refractivity contribution is 9.10. The number of hydrogen-bond donors (Lipinski definition) is 1. The molecule has 110 valence electrons. The second-order valence-electron chi connectivity index (χ2n) is 5.32. The second kappa shape index (κ2) is 5.46. The van der Waals surface area contributed by atoms with Crippen LogP contribution in [0.25, 0.3) is 0 Å². The molecule has 0 amide bonds. The van der Waals surface area contributed by atoms with Crippen molar-refractivity contribution in [1.82, 2.24) is 9.97 Å². The molecule has 0 radical (unpaired) electrons. The summed E-state index contributed by atoms with van der Waals surface area (Å²) in [5.74, 6) is 0.332. The van der Waals surface area contributed by atoms with Crippen LogP contribution in [0, 0.1) is 0 Å². The summed E-state index contributed by atoms with van der Waals surface area (Å²) < 4.78 is 12.0. The average Bonchev–Trinajstić information content (AvgIpc) is 2.90. The molecule has 0 bridgehead atoms. The molecule has 2 aliphatic rings. The molecular formula is C13H18BrN3O3. The zero-order valence-corrected chi connectivity index (χ0v) is 13.0. The molecule has 7 heteroatoms. The largest absolute Gasteiger partial charge is 0.356 e. The molecule has 3 rings (SSSR count). The van der Waals surface area contributed by atoms with E-state index in [2.05, 4.69) is 30.8 Å². The summed E-state index contributed by atoms with van der Waals surface area (Å²) >= 11 is 3.31. The van der Waals surface area contributed by atoms with E-state index in [4.69, 9.17) is 9.47 Å². The van der Waals surface area contributed by atoms with E-state index >= 15 is 0 Å². The number of aromatic amines is 1. The highest BCUT2D eigenvalue weighted by atomic mass is 79.9. The third-order valence-corrected chi connectivity index (χ3v) is 4.91. The lowest BCUT2D eigenvalue weighted by molar-refractivity contribution is -0.178. The van der Waals surface area contributed by atoms with E-state index < -0.39 is 0 Å². The fraction of sp³-hybridized carbons (Fsp3) is 0.692. The number of halogens is 1. The molecule has 0 atom stereocenters. The molecule has 0 unspecified atom stereocenters. The zero-order valence-electron chi connectivity index (χ0n) is 11.4. The van der Waals surface area contributed by atoms with Gasteiger partial charge in [-0.25, -0.2) is 4.98 Å². The minimum Gasteiger partial charge on any atom is -0.356 e. The molecule has 20 heavy (non-hydrogen) atoms. The molecule has 1 aromatic heterocycles. The highest BCUT2D eigenvalue weighted by Gasteiger charge is 2.41. The van der Waals surface area contributed by atoms with Crippen molar-refractivity contribution < 1.29 is 9.47 Å². The van der Waals surface area contributed by atoms with Gasteiger partial charge >= 0.3 is 0 Å². The number of anilines is 1. The van der Waals surface area contributed by atoms with Crippen molar-refractivity contribution >= 4 is 21.7 Å². The van der Waals surface area contributed by atoms with Crippen LogP contribution in [0.3, 0.4) is 0 Å². The number of rotatable bonds is 2. The average molecular weight is 344 g/mol. The zero-order chi connectivity index (χ0) is 14.2. The highest BCUT2D eigenvalue weighted by Crippen LogP contribution is 2.38. The van der Waals surface area contributed by atoms with Gasteiger partial charge in [-0.3, -0.25) is 4.79 Å². The molecule has 2 fully saturated rings. The monoisotopic (exact) mass is 343 g/mol. The predicted octanol–water partition coefficient (Wildman–Crippen LogP) is 1.65. The number of ether oxygens (including phenoxy) is 2. The quantitative estimate of drug-likeness (QED) is 0.884.